The molecule has 0 aliphatic heterocycles. The number of halogens is 13. The van der Waals surface area contributed by atoms with Crippen LogP contribution in [-0.2, 0) is 0 Å². The fraction of sp³-hybridized carbons (Fsp3) is 1.00. The van der Waals surface area contributed by atoms with Crippen molar-refractivity contribution in [2.24, 2.45) is 0 Å². The normalized spacial score (nSPS) is 15.6. The maximum absolute atomic E-state index is 13.2. The van der Waals surface area contributed by atoms with Gasteiger partial charge in [0.1, 0.15) is 6.42 Å². The first kappa shape index (κ1) is 24.1. The Morgan fingerprint density at radius 3 is 0.880 bits per heavy atom. The molecule has 0 unspecified atom stereocenters. The summed E-state index contributed by atoms with van der Waals surface area (Å²) < 4.78 is 165. The molecule has 0 atom stereocenters. The molecule has 0 fully saturated rings. The van der Waals surface area contributed by atoms with Gasteiger partial charge in [0, 0.05) is 0 Å². The van der Waals surface area contributed by atoms with Crippen molar-refractivity contribution in [2.45, 2.75) is 74.8 Å². The molecule has 25 heavy (non-hydrogen) atoms. The van der Waals surface area contributed by atoms with Crippen molar-refractivity contribution in [3.05, 3.63) is 0 Å². The van der Waals surface area contributed by atoms with E-state index < -0.39 is 67.9 Å². The van der Waals surface area contributed by atoms with Gasteiger partial charge in [0.15, 0.2) is 0 Å². The van der Waals surface area contributed by atoms with Crippen LogP contribution in [0.3, 0.4) is 0 Å². The smallest absolute Gasteiger partial charge is 0.207 e. The number of rotatable bonds is 9. The van der Waals surface area contributed by atoms with Crippen molar-refractivity contribution in [3.63, 3.8) is 0 Å². The lowest BCUT2D eigenvalue weighted by Crippen LogP contribution is -2.40. The predicted molar refractivity (Wildman–Crippen MR) is 59.5 cm³/mol. The van der Waals surface area contributed by atoms with Gasteiger partial charge in [-0.1, -0.05) is 0 Å². The minimum Gasteiger partial charge on any atom is -0.207 e. The van der Waals surface area contributed by atoms with E-state index in [-0.39, 0.29) is 6.92 Å². The topological polar surface area (TPSA) is 0 Å². The highest BCUT2D eigenvalue weighted by Crippen LogP contribution is 2.46. The molecule has 0 saturated carbocycles. The lowest BCUT2D eigenvalue weighted by molar-refractivity contribution is -0.219. The van der Waals surface area contributed by atoms with E-state index in [0.717, 1.165) is 0 Å². The number of hydrogen-bond donors (Lipinski definition) is 0. The summed E-state index contributed by atoms with van der Waals surface area (Å²) in [5, 5.41) is 0. The highest BCUT2D eigenvalue weighted by Gasteiger charge is 2.56. The van der Waals surface area contributed by atoms with Crippen molar-refractivity contribution in [2.75, 3.05) is 0 Å². The van der Waals surface area contributed by atoms with Crippen LogP contribution in [0.2, 0.25) is 0 Å². The molecule has 0 amide bonds. The van der Waals surface area contributed by atoms with Gasteiger partial charge in [0.25, 0.3) is 29.6 Å². The second-order valence-corrected chi connectivity index (χ2v) is 5.99. The van der Waals surface area contributed by atoms with E-state index >= 15 is 0 Å². The number of hydrogen-bond acceptors (Lipinski definition) is 0. The molecule has 0 aliphatic carbocycles. The van der Waals surface area contributed by atoms with Crippen LogP contribution in [0.1, 0.15) is 39.0 Å². The Morgan fingerprint density at radius 1 is 0.400 bits per heavy atom. The van der Waals surface area contributed by atoms with Crippen LogP contribution in [0.4, 0.5) is 57.1 Å². The average molecular weight is 404 g/mol. The Kier molecular flexibility index (Phi) is 6.76. The minimum absolute atomic E-state index is 0.0364. The first-order valence-electron chi connectivity index (χ1n) is 6.49. The van der Waals surface area contributed by atoms with Crippen LogP contribution in [0, 0.1) is 0 Å². The molecule has 0 aromatic heterocycles. The maximum Gasteiger partial charge on any atom is 0.394 e. The van der Waals surface area contributed by atoms with E-state index in [1.165, 1.54) is 0 Å². The van der Waals surface area contributed by atoms with Gasteiger partial charge in [-0.05, 0) is 6.92 Å². The van der Waals surface area contributed by atoms with E-state index in [1.807, 2.05) is 0 Å². The van der Waals surface area contributed by atoms with Crippen molar-refractivity contribution in [1.29, 1.82) is 0 Å². The summed E-state index contributed by atoms with van der Waals surface area (Å²) in [6, 6.07) is 0. The van der Waals surface area contributed by atoms with E-state index in [2.05, 4.69) is 0 Å². The zero-order valence-corrected chi connectivity index (χ0v) is 12.4. The average Bonchev–Trinajstić information content (AvgIpc) is 1.97. The standard InChI is InChI=1S/C12H13F13/c1-7(13,14)2-8(15,16)3-9(17,18)4-10(19,20)5-11(21,22)6-12(23,24)25/h2-6H2,1H3. The van der Waals surface area contributed by atoms with Gasteiger partial charge in [-0.2, -0.15) is 13.2 Å². The van der Waals surface area contributed by atoms with E-state index in [0.29, 0.717) is 0 Å². The summed E-state index contributed by atoms with van der Waals surface area (Å²) in [7, 11) is 0. The molecule has 0 aromatic carbocycles. The van der Waals surface area contributed by atoms with Crippen molar-refractivity contribution < 1.29 is 57.1 Å². The third-order valence-electron chi connectivity index (χ3n) is 2.58. The maximum atomic E-state index is 13.2. The lowest BCUT2D eigenvalue weighted by Gasteiger charge is -2.29. The van der Waals surface area contributed by atoms with E-state index in [4.69, 9.17) is 0 Å². The molecular formula is C12H13F13. The second kappa shape index (κ2) is 7.01. The minimum atomic E-state index is -5.57. The Bertz CT molecular complexity index is 389. The van der Waals surface area contributed by atoms with Gasteiger partial charge in [-0.25, -0.2) is 43.9 Å². The Hall–Kier alpha value is -0.910. The highest BCUT2D eigenvalue weighted by molar-refractivity contribution is 4.88. The van der Waals surface area contributed by atoms with Gasteiger partial charge < -0.3 is 0 Å². The molecule has 0 saturated heterocycles. The third kappa shape index (κ3) is 12.1. The summed E-state index contributed by atoms with van der Waals surface area (Å²) in [5.41, 5.74) is 0. The number of alkyl halides is 13. The van der Waals surface area contributed by atoms with Crippen LogP contribution in [0.15, 0.2) is 0 Å². The Balaban J connectivity index is 5.01. The quantitative estimate of drug-likeness (QED) is 0.376. The molecule has 0 N–H and O–H groups in total. The monoisotopic (exact) mass is 404 g/mol. The molecule has 0 bridgehead atoms. The van der Waals surface area contributed by atoms with Crippen LogP contribution in [0.25, 0.3) is 0 Å². The van der Waals surface area contributed by atoms with Gasteiger partial charge in [0.05, 0.1) is 25.7 Å². The highest BCUT2D eigenvalue weighted by atomic mass is 19.4. The van der Waals surface area contributed by atoms with Crippen LogP contribution < -0.4 is 0 Å². The molecule has 0 aliphatic rings. The zero-order chi connectivity index (χ0) is 20.5. The molecule has 0 spiro atoms. The van der Waals surface area contributed by atoms with E-state index in [9.17, 15) is 57.1 Å². The molecule has 152 valence electrons. The molecular weight excluding hydrogens is 391 g/mol. The molecule has 13 heteroatoms. The Labute approximate surface area is 133 Å². The van der Waals surface area contributed by atoms with Crippen LogP contribution in [0.5, 0.6) is 0 Å². The first-order valence-corrected chi connectivity index (χ1v) is 6.49. The van der Waals surface area contributed by atoms with Gasteiger partial charge in [0.2, 0.25) is 0 Å². The van der Waals surface area contributed by atoms with E-state index in [1.54, 1.807) is 0 Å². The van der Waals surface area contributed by atoms with Gasteiger partial charge >= 0.3 is 6.18 Å². The molecule has 0 radical (unpaired) electrons. The van der Waals surface area contributed by atoms with Crippen molar-refractivity contribution >= 4 is 0 Å². The molecule has 0 aromatic rings. The van der Waals surface area contributed by atoms with Crippen molar-refractivity contribution in [1.82, 2.24) is 0 Å². The lowest BCUT2D eigenvalue weighted by atomic mass is 9.96. The van der Waals surface area contributed by atoms with Gasteiger partial charge in [-0.3, -0.25) is 0 Å². The summed E-state index contributed by atoms with van der Waals surface area (Å²) >= 11 is 0. The van der Waals surface area contributed by atoms with Gasteiger partial charge in [-0.15, -0.1) is 0 Å². The van der Waals surface area contributed by atoms with Crippen molar-refractivity contribution in [3.8, 4) is 0 Å². The molecule has 0 heterocycles. The largest absolute Gasteiger partial charge is 0.394 e. The summed E-state index contributed by atoms with van der Waals surface area (Å²) in [6.45, 7) is -0.0364. The fourth-order valence-electron chi connectivity index (χ4n) is 2.13. The summed E-state index contributed by atoms with van der Waals surface area (Å²) in [4.78, 5) is 0. The van der Waals surface area contributed by atoms with Crippen LogP contribution in [-0.4, -0.2) is 35.8 Å². The molecule has 0 rings (SSSR count). The fourth-order valence-corrected chi connectivity index (χ4v) is 2.13. The summed E-state index contributed by atoms with van der Waals surface area (Å²) in [5.74, 6) is -24.2. The Morgan fingerprint density at radius 2 is 0.640 bits per heavy atom. The second-order valence-electron chi connectivity index (χ2n) is 5.99. The first-order chi connectivity index (χ1) is 10.5. The SMILES string of the molecule is CC(F)(F)CC(F)(F)CC(F)(F)CC(F)(F)CC(F)(F)CC(F)(F)F. The third-order valence-corrected chi connectivity index (χ3v) is 2.58. The zero-order valence-electron chi connectivity index (χ0n) is 12.4. The summed E-state index contributed by atoms with van der Waals surface area (Å²) in [6.07, 6.45) is -19.7. The van der Waals surface area contributed by atoms with Crippen LogP contribution >= 0.6 is 0 Å². The molecule has 0 nitrogen and oxygen atoms in total. The predicted octanol–water partition coefficient (Wildman–Crippen LogP) is 6.70.